The van der Waals surface area contributed by atoms with Crippen molar-refractivity contribution in [1.82, 2.24) is 0 Å². The predicted octanol–water partition coefficient (Wildman–Crippen LogP) is 4.21. The second kappa shape index (κ2) is 4.07. The number of halogens is 1. The molecule has 2 aromatic carbocycles. The Labute approximate surface area is 97.5 Å². The lowest BCUT2D eigenvalue weighted by Gasteiger charge is -2.09. The van der Waals surface area contributed by atoms with E-state index >= 15 is 0 Å². The van der Waals surface area contributed by atoms with Gasteiger partial charge in [-0.05, 0) is 23.1 Å². The van der Waals surface area contributed by atoms with Gasteiger partial charge in [0, 0.05) is 9.87 Å². The molecule has 0 aliphatic carbocycles. The van der Waals surface area contributed by atoms with Gasteiger partial charge in [-0.25, -0.2) is 0 Å². The zero-order chi connectivity index (χ0) is 10.8. The maximum atomic E-state index is 5.32. The molecule has 0 spiro atoms. The summed E-state index contributed by atoms with van der Waals surface area (Å²) in [5.41, 5.74) is 1.10. The van der Waals surface area contributed by atoms with Gasteiger partial charge in [0.25, 0.3) is 0 Å². The van der Waals surface area contributed by atoms with Crippen molar-refractivity contribution >= 4 is 31.2 Å². The Morgan fingerprint density at radius 2 is 1.80 bits per heavy atom. The van der Waals surface area contributed by atoms with Gasteiger partial charge in [-0.3, -0.25) is 0 Å². The van der Waals surface area contributed by atoms with Crippen molar-refractivity contribution in [2.24, 2.45) is 0 Å². The normalized spacial score (nSPS) is 10.3. The van der Waals surface area contributed by atoms with Crippen LogP contribution in [-0.4, -0.2) is 7.11 Å². The summed E-state index contributed by atoms with van der Waals surface area (Å²) in [4.78, 5) is 0. The van der Waals surface area contributed by atoms with Gasteiger partial charge in [0.05, 0.1) is 7.11 Å². The maximum Gasteiger partial charge on any atom is 0.126 e. The minimum atomic E-state index is 0.890. The van der Waals surface area contributed by atoms with E-state index in [4.69, 9.17) is 4.74 Å². The number of fused-ring (bicyclic) bond motifs is 1. The first-order chi connectivity index (χ1) is 7.24. The van der Waals surface area contributed by atoms with Gasteiger partial charge in [-0.15, -0.1) is 0 Å². The molecule has 15 heavy (non-hydrogen) atoms. The summed E-state index contributed by atoms with van der Waals surface area (Å²) in [6.45, 7) is 3.91. The molecular weight excluding hydrogens is 252 g/mol. The van der Waals surface area contributed by atoms with Crippen molar-refractivity contribution in [2.45, 2.75) is 0 Å². The summed E-state index contributed by atoms with van der Waals surface area (Å²) >= 11 is 3.41. The first-order valence-corrected chi connectivity index (χ1v) is 5.44. The quantitative estimate of drug-likeness (QED) is 0.788. The zero-order valence-corrected chi connectivity index (χ0v) is 10.0. The fourth-order valence-electron chi connectivity index (χ4n) is 1.69. The molecule has 2 aromatic rings. The highest BCUT2D eigenvalue weighted by molar-refractivity contribution is 9.15. The topological polar surface area (TPSA) is 9.23 Å². The summed E-state index contributed by atoms with van der Waals surface area (Å²) < 4.78 is 6.21. The molecule has 2 rings (SSSR count). The number of hydrogen-bond donors (Lipinski definition) is 0. The van der Waals surface area contributed by atoms with Crippen LogP contribution in [-0.2, 0) is 0 Å². The van der Waals surface area contributed by atoms with Gasteiger partial charge in [-0.1, -0.05) is 46.8 Å². The average molecular weight is 263 g/mol. The fourth-order valence-corrected chi connectivity index (χ4v) is 2.03. The zero-order valence-electron chi connectivity index (χ0n) is 8.46. The largest absolute Gasteiger partial charge is 0.496 e. The van der Waals surface area contributed by atoms with Crippen LogP contribution in [0.5, 0.6) is 5.75 Å². The van der Waals surface area contributed by atoms with Gasteiger partial charge in [-0.2, -0.15) is 0 Å². The minimum Gasteiger partial charge on any atom is -0.496 e. The van der Waals surface area contributed by atoms with Gasteiger partial charge in [0.1, 0.15) is 5.75 Å². The molecule has 0 bridgehead atoms. The van der Waals surface area contributed by atoms with Crippen LogP contribution in [0.2, 0.25) is 0 Å². The Hall–Kier alpha value is -1.28. The van der Waals surface area contributed by atoms with Gasteiger partial charge in [0.2, 0.25) is 0 Å². The Balaban J connectivity index is 2.83. The van der Waals surface area contributed by atoms with E-state index in [1.165, 1.54) is 0 Å². The standard InChI is InChI=1S/C13H11BrO/c1-9(14)10-7-8-13(15-2)12-6-4-3-5-11(10)12/h3-8H,1H2,2H3. The van der Waals surface area contributed by atoms with E-state index in [9.17, 15) is 0 Å². The van der Waals surface area contributed by atoms with E-state index in [-0.39, 0.29) is 0 Å². The first kappa shape index (κ1) is 10.2. The molecule has 0 atom stereocenters. The molecule has 0 amide bonds. The van der Waals surface area contributed by atoms with Crippen LogP contribution >= 0.6 is 15.9 Å². The summed E-state index contributed by atoms with van der Waals surface area (Å²) in [6, 6.07) is 12.1. The summed E-state index contributed by atoms with van der Waals surface area (Å²) in [5.74, 6) is 0.892. The molecule has 0 saturated carbocycles. The van der Waals surface area contributed by atoms with Crippen molar-refractivity contribution in [3.8, 4) is 5.75 Å². The molecule has 1 nitrogen and oxygen atoms in total. The molecule has 0 aliphatic heterocycles. The van der Waals surface area contributed by atoms with Gasteiger partial charge >= 0.3 is 0 Å². The molecule has 0 saturated heterocycles. The lowest BCUT2D eigenvalue weighted by Crippen LogP contribution is -1.87. The van der Waals surface area contributed by atoms with E-state index in [2.05, 4.69) is 28.6 Å². The van der Waals surface area contributed by atoms with Crippen LogP contribution in [0.15, 0.2) is 43.0 Å². The SMILES string of the molecule is C=C(Br)c1ccc(OC)c2ccccc12. The molecule has 0 unspecified atom stereocenters. The van der Waals surface area contributed by atoms with Gasteiger partial charge in [0.15, 0.2) is 0 Å². The van der Waals surface area contributed by atoms with Crippen LogP contribution in [0.25, 0.3) is 15.3 Å². The average Bonchev–Trinajstić information content (AvgIpc) is 2.27. The Kier molecular flexibility index (Phi) is 2.78. The van der Waals surface area contributed by atoms with Crippen LogP contribution in [0.3, 0.4) is 0 Å². The van der Waals surface area contributed by atoms with Crippen LogP contribution in [0.4, 0.5) is 0 Å². The molecule has 0 N–H and O–H groups in total. The Bertz CT molecular complexity index is 517. The smallest absolute Gasteiger partial charge is 0.126 e. The molecule has 0 radical (unpaired) electrons. The summed E-state index contributed by atoms with van der Waals surface area (Å²) in [7, 11) is 1.68. The molecule has 0 aromatic heterocycles. The van der Waals surface area contributed by atoms with E-state index in [1.807, 2.05) is 30.3 Å². The molecule has 0 heterocycles. The lowest BCUT2D eigenvalue weighted by molar-refractivity contribution is 0.420. The molecule has 2 heteroatoms. The van der Waals surface area contributed by atoms with Crippen LogP contribution in [0.1, 0.15) is 5.56 Å². The van der Waals surface area contributed by atoms with Crippen molar-refractivity contribution in [2.75, 3.05) is 7.11 Å². The fraction of sp³-hybridized carbons (Fsp3) is 0.0769. The predicted molar refractivity (Wildman–Crippen MR) is 68.5 cm³/mol. The highest BCUT2D eigenvalue weighted by Crippen LogP contribution is 2.33. The molecule has 0 aliphatic rings. The third kappa shape index (κ3) is 1.77. The Morgan fingerprint density at radius 3 is 2.40 bits per heavy atom. The van der Waals surface area contributed by atoms with Crippen LogP contribution < -0.4 is 4.74 Å². The molecular formula is C13H11BrO. The number of rotatable bonds is 2. The van der Waals surface area contributed by atoms with Crippen molar-refractivity contribution in [3.63, 3.8) is 0 Å². The third-order valence-electron chi connectivity index (χ3n) is 2.40. The number of methoxy groups -OCH3 is 1. The van der Waals surface area contributed by atoms with Crippen molar-refractivity contribution in [3.05, 3.63) is 48.5 Å². The first-order valence-electron chi connectivity index (χ1n) is 4.64. The number of hydrogen-bond acceptors (Lipinski definition) is 1. The molecule has 0 fully saturated rings. The third-order valence-corrected chi connectivity index (χ3v) is 2.82. The lowest BCUT2D eigenvalue weighted by atomic mass is 10.0. The summed E-state index contributed by atoms with van der Waals surface area (Å²) in [5, 5.41) is 2.26. The second-order valence-electron chi connectivity index (χ2n) is 3.27. The Morgan fingerprint density at radius 1 is 1.13 bits per heavy atom. The monoisotopic (exact) mass is 262 g/mol. The second-order valence-corrected chi connectivity index (χ2v) is 4.22. The van der Waals surface area contributed by atoms with E-state index in [0.29, 0.717) is 0 Å². The highest BCUT2D eigenvalue weighted by atomic mass is 79.9. The highest BCUT2D eigenvalue weighted by Gasteiger charge is 2.06. The molecule has 76 valence electrons. The van der Waals surface area contributed by atoms with E-state index < -0.39 is 0 Å². The number of ether oxygens (including phenoxy) is 1. The maximum absolute atomic E-state index is 5.32. The van der Waals surface area contributed by atoms with Gasteiger partial charge < -0.3 is 4.74 Å². The van der Waals surface area contributed by atoms with E-state index in [1.54, 1.807) is 7.11 Å². The van der Waals surface area contributed by atoms with Crippen molar-refractivity contribution < 1.29 is 4.74 Å². The summed E-state index contributed by atoms with van der Waals surface area (Å²) in [6.07, 6.45) is 0. The van der Waals surface area contributed by atoms with Crippen LogP contribution in [0, 0.1) is 0 Å². The van der Waals surface area contributed by atoms with E-state index in [0.717, 1.165) is 26.6 Å². The number of benzene rings is 2. The van der Waals surface area contributed by atoms with Crippen molar-refractivity contribution in [1.29, 1.82) is 0 Å². The minimum absolute atomic E-state index is 0.890.